The SMILES string of the molecule is O=[N+]([O-])O.c1cc2c3c(cccc3c1)CC2. The van der Waals surface area contributed by atoms with Gasteiger partial charge in [-0.15, -0.1) is 10.1 Å². The highest BCUT2D eigenvalue weighted by molar-refractivity contribution is 5.90. The van der Waals surface area contributed by atoms with E-state index < -0.39 is 5.09 Å². The average Bonchev–Trinajstić information content (AvgIpc) is 2.64. The van der Waals surface area contributed by atoms with Gasteiger partial charge in [0.05, 0.1) is 0 Å². The zero-order valence-electron chi connectivity index (χ0n) is 8.59. The maximum Gasteiger partial charge on any atom is 0.291 e. The summed E-state index contributed by atoms with van der Waals surface area (Å²) in [4.78, 5) is 8.36. The van der Waals surface area contributed by atoms with Gasteiger partial charge in [0.15, 0.2) is 0 Å². The van der Waals surface area contributed by atoms with E-state index in [1.165, 1.54) is 34.7 Å². The Morgan fingerprint density at radius 1 is 1.06 bits per heavy atom. The van der Waals surface area contributed by atoms with Crippen LogP contribution in [-0.4, -0.2) is 10.3 Å². The van der Waals surface area contributed by atoms with Gasteiger partial charge >= 0.3 is 0 Å². The molecule has 0 saturated heterocycles. The van der Waals surface area contributed by atoms with Gasteiger partial charge in [-0.05, 0) is 34.7 Å². The maximum absolute atomic E-state index is 8.36. The molecule has 1 aliphatic carbocycles. The first kappa shape index (κ1) is 10.4. The van der Waals surface area contributed by atoms with E-state index in [1.54, 1.807) is 0 Å². The summed E-state index contributed by atoms with van der Waals surface area (Å²) in [5.74, 6) is 0. The normalized spacial score (nSPS) is 12.0. The Hall–Kier alpha value is -2.10. The Bertz CT molecular complexity index is 494. The number of nitrogens with zero attached hydrogens (tertiary/aromatic N) is 1. The molecule has 0 bridgehead atoms. The van der Waals surface area contributed by atoms with E-state index in [9.17, 15) is 0 Å². The minimum Gasteiger partial charge on any atom is -0.328 e. The highest BCUT2D eigenvalue weighted by atomic mass is 16.9. The monoisotopic (exact) mass is 217 g/mol. The lowest BCUT2D eigenvalue weighted by atomic mass is 10.1. The number of benzene rings is 2. The van der Waals surface area contributed by atoms with Crippen molar-refractivity contribution in [1.29, 1.82) is 0 Å². The quantitative estimate of drug-likeness (QED) is 0.545. The molecule has 0 radical (unpaired) electrons. The fraction of sp³-hybridized carbons (Fsp3) is 0.167. The second-order valence-corrected chi connectivity index (χ2v) is 3.67. The van der Waals surface area contributed by atoms with Crippen LogP contribution in [0.25, 0.3) is 10.8 Å². The molecule has 0 spiro atoms. The van der Waals surface area contributed by atoms with E-state index in [-0.39, 0.29) is 0 Å². The molecule has 1 aliphatic rings. The molecular formula is C12H11NO3. The zero-order chi connectivity index (χ0) is 11.5. The summed E-state index contributed by atoms with van der Waals surface area (Å²) in [6.07, 6.45) is 2.47. The van der Waals surface area contributed by atoms with E-state index in [2.05, 4.69) is 36.4 Å². The van der Waals surface area contributed by atoms with Gasteiger partial charge in [0.2, 0.25) is 0 Å². The highest BCUT2D eigenvalue weighted by Gasteiger charge is 2.11. The van der Waals surface area contributed by atoms with Gasteiger partial charge in [0.1, 0.15) is 0 Å². The second-order valence-electron chi connectivity index (χ2n) is 3.67. The molecule has 0 saturated carbocycles. The summed E-state index contributed by atoms with van der Waals surface area (Å²) in [5, 5.41) is 16.6. The lowest BCUT2D eigenvalue weighted by Crippen LogP contribution is -1.81. The third kappa shape index (κ3) is 1.95. The van der Waals surface area contributed by atoms with Gasteiger partial charge in [0.25, 0.3) is 5.09 Å². The van der Waals surface area contributed by atoms with Crippen LogP contribution < -0.4 is 0 Å². The van der Waals surface area contributed by atoms with Crippen LogP contribution in [0.1, 0.15) is 11.1 Å². The number of hydrogen-bond donors (Lipinski definition) is 1. The lowest BCUT2D eigenvalue weighted by molar-refractivity contribution is -0.742. The summed E-state index contributed by atoms with van der Waals surface area (Å²) in [5.41, 5.74) is 3.06. The standard InChI is InChI=1S/C12H10.HNO3/c1-3-9-4-2-6-11-8-7-10(5-1)12(9)11;2-1(3)4/h1-6H,7-8H2;(H,2,3,4). The number of hydrogen-bond acceptors (Lipinski definition) is 2. The molecule has 0 atom stereocenters. The van der Waals surface area contributed by atoms with Crippen molar-refractivity contribution in [3.63, 3.8) is 0 Å². The maximum atomic E-state index is 8.36. The van der Waals surface area contributed by atoms with Gasteiger partial charge in [-0.2, -0.15) is 0 Å². The summed E-state index contributed by atoms with van der Waals surface area (Å²) >= 11 is 0. The van der Waals surface area contributed by atoms with Crippen LogP contribution in [0, 0.1) is 10.1 Å². The lowest BCUT2D eigenvalue weighted by Gasteiger charge is -1.99. The van der Waals surface area contributed by atoms with E-state index >= 15 is 0 Å². The number of rotatable bonds is 0. The molecule has 0 aliphatic heterocycles. The Morgan fingerprint density at radius 2 is 1.50 bits per heavy atom. The van der Waals surface area contributed by atoms with E-state index in [1.807, 2.05) is 0 Å². The third-order valence-corrected chi connectivity index (χ3v) is 2.74. The van der Waals surface area contributed by atoms with Crippen molar-refractivity contribution in [1.82, 2.24) is 0 Å². The van der Waals surface area contributed by atoms with Gasteiger partial charge in [-0.3, -0.25) is 0 Å². The zero-order valence-corrected chi connectivity index (χ0v) is 8.59. The van der Waals surface area contributed by atoms with Gasteiger partial charge in [-0.25, -0.2) is 0 Å². The molecule has 2 aromatic carbocycles. The molecule has 1 N–H and O–H groups in total. The van der Waals surface area contributed by atoms with Crippen molar-refractivity contribution in [2.75, 3.05) is 0 Å². The van der Waals surface area contributed by atoms with Gasteiger partial charge in [0, 0.05) is 0 Å². The van der Waals surface area contributed by atoms with Crippen molar-refractivity contribution in [2.45, 2.75) is 12.8 Å². The summed E-state index contributed by atoms with van der Waals surface area (Å²) in [6, 6.07) is 13.2. The van der Waals surface area contributed by atoms with Crippen molar-refractivity contribution >= 4 is 10.8 Å². The molecule has 3 rings (SSSR count). The van der Waals surface area contributed by atoms with Crippen molar-refractivity contribution in [2.24, 2.45) is 0 Å². The van der Waals surface area contributed by atoms with Gasteiger partial charge < -0.3 is 5.21 Å². The summed E-state index contributed by atoms with van der Waals surface area (Å²) in [6.45, 7) is 0. The van der Waals surface area contributed by atoms with Crippen LogP contribution in [-0.2, 0) is 12.8 Å². The molecule has 0 heterocycles. The smallest absolute Gasteiger partial charge is 0.291 e. The predicted molar refractivity (Wildman–Crippen MR) is 60.1 cm³/mol. The van der Waals surface area contributed by atoms with Crippen LogP contribution in [0.3, 0.4) is 0 Å². The summed E-state index contributed by atoms with van der Waals surface area (Å²) < 4.78 is 0. The molecule has 0 fully saturated rings. The first-order chi connectivity index (χ1) is 7.68. The highest BCUT2D eigenvalue weighted by Crippen LogP contribution is 2.29. The van der Waals surface area contributed by atoms with E-state index in [0.29, 0.717) is 0 Å². The minimum atomic E-state index is -1.50. The Labute approximate surface area is 92.2 Å². The van der Waals surface area contributed by atoms with Crippen molar-refractivity contribution in [3.8, 4) is 0 Å². The van der Waals surface area contributed by atoms with Crippen molar-refractivity contribution in [3.05, 3.63) is 57.6 Å². The predicted octanol–water partition coefficient (Wildman–Crippen LogP) is 2.59. The largest absolute Gasteiger partial charge is 0.328 e. The Morgan fingerprint density at radius 3 is 1.94 bits per heavy atom. The molecule has 0 aromatic heterocycles. The van der Waals surface area contributed by atoms with E-state index in [4.69, 9.17) is 15.3 Å². The van der Waals surface area contributed by atoms with Crippen LogP contribution in [0.5, 0.6) is 0 Å². The molecule has 0 amide bonds. The average molecular weight is 217 g/mol. The third-order valence-electron chi connectivity index (χ3n) is 2.74. The Kier molecular flexibility index (Phi) is 2.72. The Balaban J connectivity index is 0.000000212. The summed E-state index contributed by atoms with van der Waals surface area (Å²) in [7, 11) is 0. The molecule has 0 unspecified atom stereocenters. The fourth-order valence-electron chi connectivity index (χ4n) is 2.19. The van der Waals surface area contributed by atoms with Crippen molar-refractivity contribution < 1.29 is 10.3 Å². The molecule has 16 heavy (non-hydrogen) atoms. The molecule has 2 aromatic rings. The van der Waals surface area contributed by atoms with Crippen LogP contribution >= 0.6 is 0 Å². The molecule has 82 valence electrons. The first-order valence-electron chi connectivity index (χ1n) is 5.01. The first-order valence-corrected chi connectivity index (χ1v) is 5.01. The van der Waals surface area contributed by atoms with Gasteiger partial charge in [-0.1, -0.05) is 36.4 Å². The van der Waals surface area contributed by atoms with E-state index in [0.717, 1.165) is 0 Å². The van der Waals surface area contributed by atoms with Crippen LogP contribution in [0.15, 0.2) is 36.4 Å². The fourth-order valence-corrected chi connectivity index (χ4v) is 2.19. The second kappa shape index (κ2) is 4.18. The molecular weight excluding hydrogens is 206 g/mol. The molecule has 4 heteroatoms. The van der Waals surface area contributed by atoms with Crippen LogP contribution in [0.4, 0.5) is 0 Å². The topological polar surface area (TPSA) is 63.4 Å². The van der Waals surface area contributed by atoms with Crippen LogP contribution in [0.2, 0.25) is 0 Å². The minimum absolute atomic E-state index is 1.23. The molecule has 4 nitrogen and oxygen atoms in total. The number of aryl methyl sites for hydroxylation is 2.